The van der Waals surface area contributed by atoms with E-state index < -0.39 is 5.97 Å². The summed E-state index contributed by atoms with van der Waals surface area (Å²) in [6.45, 7) is 4.27. The van der Waals surface area contributed by atoms with Crippen LogP contribution in [0.25, 0.3) is 0 Å². The van der Waals surface area contributed by atoms with Gasteiger partial charge in [0, 0.05) is 0 Å². The molecule has 7 heteroatoms. The molecule has 1 aromatic carbocycles. The van der Waals surface area contributed by atoms with Crippen LogP contribution >= 0.6 is 0 Å². The Morgan fingerprint density at radius 2 is 2.09 bits per heavy atom. The van der Waals surface area contributed by atoms with Crippen molar-refractivity contribution in [2.75, 3.05) is 14.2 Å². The third kappa shape index (κ3) is 3.75. The molecular weight excluding hydrogens is 349 g/mol. The zero-order chi connectivity index (χ0) is 15.9. The Kier molecular flexibility index (Phi) is 5.75. The van der Waals surface area contributed by atoms with Crippen molar-refractivity contribution < 1.29 is 14.3 Å². The van der Waals surface area contributed by atoms with Gasteiger partial charge in [0.25, 0.3) is 0 Å². The number of rotatable bonds is 7. The molecule has 0 aliphatic carbocycles. The summed E-state index contributed by atoms with van der Waals surface area (Å²) < 4.78 is 12.5. The van der Waals surface area contributed by atoms with E-state index in [-0.39, 0.29) is 20.7 Å². The van der Waals surface area contributed by atoms with Crippen molar-refractivity contribution in [3.05, 3.63) is 48.2 Å². The molecule has 0 N–H and O–H groups in total. The molecule has 22 heavy (non-hydrogen) atoms. The Balaban J connectivity index is 2.26. The molecule has 1 heterocycles. The van der Waals surface area contributed by atoms with Gasteiger partial charge in [0.1, 0.15) is 0 Å². The Morgan fingerprint density at radius 3 is 2.68 bits per heavy atom. The standard InChI is InChI=1S/C15H17N3O3Se/c1-4-9-22-14-13(15(19)21-3)16-17-18(14)10-11-5-7-12(20-2)8-6-11/h4-8H,1,9-10H2,2-3H3. The molecule has 0 aliphatic rings. The molecule has 0 atom stereocenters. The predicted octanol–water partition coefficient (Wildman–Crippen LogP) is 1.06. The van der Waals surface area contributed by atoms with Crippen LogP contribution in [0.15, 0.2) is 36.9 Å². The average Bonchev–Trinajstić information content (AvgIpc) is 2.95. The first-order valence-electron chi connectivity index (χ1n) is 6.58. The van der Waals surface area contributed by atoms with E-state index in [1.807, 2.05) is 30.3 Å². The molecule has 0 fully saturated rings. The van der Waals surface area contributed by atoms with Crippen molar-refractivity contribution in [1.82, 2.24) is 15.0 Å². The maximum absolute atomic E-state index is 11.8. The van der Waals surface area contributed by atoms with E-state index in [1.54, 1.807) is 11.8 Å². The summed E-state index contributed by atoms with van der Waals surface area (Å²) >= 11 is 0.0290. The zero-order valence-corrected chi connectivity index (χ0v) is 14.2. The van der Waals surface area contributed by atoms with Gasteiger partial charge < -0.3 is 0 Å². The number of methoxy groups -OCH3 is 2. The summed E-state index contributed by atoms with van der Waals surface area (Å²) in [6.07, 6.45) is 1.83. The molecule has 116 valence electrons. The van der Waals surface area contributed by atoms with Gasteiger partial charge in [-0.25, -0.2) is 0 Å². The third-order valence-electron chi connectivity index (χ3n) is 2.90. The summed E-state index contributed by atoms with van der Waals surface area (Å²) in [5.74, 6) is 0.343. The van der Waals surface area contributed by atoms with E-state index in [0.717, 1.165) is 21.2 Å². The first kappa shape index (κ1) is 16.3. The minimum absolute atomic E-state index is 0.0290. The molecule has 0 aliphatic heterocycles. The number of carbonyl (C=O) groups is 1. The van der Waals surface area contributed by atoms with Gasteiger partial charge in [-0.15, -0.1) is 0 Å². The van der Waals surface area contributed by atoms with Crippen LogP contribution in [-0.2, 0) is 11.3 Å². The van der Waals surface area contributed by atoms with Crippen LogP contribution < -0.4 is 9.33 Å². The van der Waals surface area contributed by atoms with Gasteiger partial charge in [0.05, 0.1) is 0 Å². The second-order valence-electron chi connectivity index (χ2n) is 4.34. The van der Waals surface area contributed by atoms with Gasteiger partial charge in [0.2, 0.25) is 0 Å². The molecule has 0 amide bonds. The van der Waals surface area contributed by atoms with Crippen LogP contribution in [0.4, 0.5) is 0 Å². The third-order valence-corrected chi connectivity index (χ3v) is 5.16. The van der Waals surface area contributed by atoms with Crippen molar-refractivity contribution in [3.63, 3.8) is 0 Å². The van der Waals surface area contributed by atoms with Crippen LogP contribution in [-0.4, -0.2) is 50.1 Å². The van der Waals surface area contributed by atoms with Crippen LogP contribution in [0.1, 0.15) is 16.1 Å². The minimum atomic E-state index is -0.457. The number of hydrogen-bond acceptors (Lipinski definition) is 5. The number of aromatic nitrogens is 3. The molecule has 0 unspecified atom stereocenters. The van der Waals surface area contributed by atoms with Gasteiger partial charge >= 0.3 is 135 Å². The first-order valence-corrected chi connectivity index (χ1v) is 8.64. The van der Waals surface area contributed by atoms with E-state index in [0.29, 0.717) is 6.54 Å². The summed E-state index contributed by atoms with van der Waals surface area (Å²) in [4.78, 5) is 11.8. The summed E-state index contributed by atoms with van der Waals surface area (Å²) in [6, 6.07) is 7.70. The average molecular weight is 366 g/mol. The Labute approximate surface area is 135 Å². The van der Waals surface area contributed by atoms with Crippen molar-refractivity contribution in [3.8, 4) is 5.75 Å². The number of benzene rings is 1. The van der Waals surface area contributed by atoms with Gasteiger partial charge in [-0.2, -0.15) is 0 Å². The predicted molar refractivity (Wildman–Crippen MR) is 83.8 cm³/mol. The molecule has 0 radical (unpaired) electrons. The molecule has 6 nitrogen and oxygen atoms in total. The number of carbonyl (C=O) groups excluding carboxylic acids is 1. The molecule has 0 spiro atoms. The van der Waals surface area contributed by atoms with Crippen LogP contribution in [0.3, 0.4) is 0 Å². The van der Waals surface area contributed by atoms with Gasteiger partial charge in [-0.3, -0.25) is 0 Å². The second kappa shape index (κ2) is 7.77. The fourth-order valence-corrected chi connectivity index (χ4v) is 3.47. The zero-order valence-electron chi connectivity index (χ0n) is 12.5. The monoisotopic (exact) mass is 367 g/mol. The number of hydrogen-bond donors (Lipinski definition) is 0. The van der Waals surface area contributed by atoms with Crippen molar-refractivity contribution >= 4 is 25.5 Å². The fraction of sp³-hybridized carbons (Fsp3) is 0.267. The first-order chi connectivity index (χ1) is 10.7. The topological polar surface area (TPSA) is 66.2 Å². The van der Waals surface area contributed by atoms with Crippen LogP contribution in [0.2, 0.25) is 5.32 Å². The van der Waals surface area contributed by atoms with Crippen LogP contribution in [0.5, 0.6) is 5.75 Å². The number of nitrogens with zero attached hydrogens (tertiary/aromatic N) is 3. The Hall–Kier alpha value is -2.11. The molecule has 1 aromatic heterocycles. The van der Waals surface area contributed by atoms with Crippen molar-refractivity contribution in [1.29, 1.82) is 0 Å². The van der Waals surface area contributed by atoms with E-state index in [4.69, 9.17) is 9.47 Å². The van der Waals surface area contributed by atoms with E-state index in [9.17, 15) is 4.79 Å². The van der Waals surface area contributed by atoms with Gasteiger partial charge in [0.15, 0.2) is 0 Å². The van der Waals surface area contributed by atoms with Crippen molar-refractivity contribution in [2.45, 2.75) is 11.9 Å². The van der Waals surface area contributed by atoms with Crippen molar-refractivity contribution in [2.24, 2.45) is 0 Å². The Morgan fingerprint density at radius 1 is 1.36 bits per heavy atom. The molecule has 0 bridgehead atoms. The summed E-state index contributed by atoms with van der Waals surface area (Å²) in [7, 11) is 2.97. The number of allylic oxidation sites excluding steroid dienone is 1. The second-order valence-corrected chi connectivity index (χ2v) is 6.46. The van der Waals surface area contributed by atoms with Crippen LogP contribution in [0, 0.1) is 0 Å². The maximum atomic E-state index is 11.8. The molecular formula is C15H17N3O3Se. The normalized spacial score (nSPS) is 10.3. The van der Waals surface area contributed by atoms with Gasteiger partial charge in [-0.1, -0.05) is 0 Å². The number of esters is 1. The van der Waals surface area contributed by atoms with E-state index in [1.165, 1.54) is 7.11 Å². The molecule has 0 saturated heterocycles. The SMILES string of the molecule is C=CC[Se]c1c(C(=O)OC)nnn1Cc1ccc(OC)cc1. The summed E-state index contributed by atoms with van der Waals surface area (Å²) in [5, 5.41) is 8.86. The Bertz CT molecular complexity index is 653. The fourth-order valence-electron chi connectivity index (χ4n) is 1.82. The van der Waals surface area contributed by atoms with Gasteiger partial charge in [-0.05, 0) is 0 Å². The molecule has 2 aromatic rings. The van der Waals surface area contributed by atoms with E-state index >= 15 is 0 Å². The summed E-state index contributed by atoms with van der Waals surface area (Å²) in [5.41, 5.74) is 1.34. The van der Waals surface area contributed by atoms with E-state index in [2.05, 4.69) is 16.9 Å². The molecule has 2 rings (SSSR count). The molecule has 0 saturated carbocycles. The quantitative estimate of drug-likeness (QED) is 0.416. The number of ether oxygens (including phenoxy) is 2.